The van der Waals surface area contributed by atoms with Gasteiger partial charge in [0.2, 0.25) is 0 Å². The fourth-order valence-electron chi connectivity index (χ4n) is 2.88. The minimum atomic E-state index is -0.149. The zero-order valence-electron chi connectivity index (χ0n) is 15.1. The first-order valence-corrected chi connectivity index (χ1v) is 9.41. The molecule has 0 aliphatic heterocycles. The van der Waals surface area contributed by atoms with E-state index in [0.717, 1.165) is 21.1 Å². The van der Waals surface area contributed by atoms with Crippen LogP contribution in [0, 0.1) is 13.8 Å². The minimum Gasteiger partial charge on any atom is -0.315 e. The number of aromatic nitrogens is 4. The van der Waals surface area contributed by atoms with Crippen molar-refractivity contribution < 1.29 is 4.79 Å². The molecule has 4 aromatic heterocycles. The highest BCUT2D eigenvalue weighted by Crippen LogP contribution is 2.31. The maximum Gasteiger partial charge on any atom is 0.260 e. The molecule has 1 amide bonds. The number of amides is 1. The first-order valence-electron chi connectivity index (χ1n) is 8.60. The highest BCUT2D eigenvalue weighted by Gasteiger charge is 2.21. The Hall–Kier alpha value is -3.19. The van der Waals surface area contributed by atoms with Crippen LogP contribution >= 0.6 is 11.3 Å². The fraction of sp³-hybridized carbons (Fsp3) is 0.150. The molecule has 1 N–H and O–H groups in total. The molecule has 0 atom stereocenters. The molecule has 0 saturated carbocycles. The molecule has 7 heteroatoms. The number of carbonyl (C=O) groups is 1. The molecule has 0 aliphatic rings. The third-order valence-electron chi connectivity index (χ3n) is 4.37. The summed E-state index contributed by atoms with van der Waals surface area (Å²) < 4.78 is 3.73. The van der Waals surface area contributed by atoms with Crippen molar-refractivity contribution in [3.05, 3.63) is 82.9 Å². The predicted molar refractivity (Wildman–Crippen MR) is 107 cm³/mol. The Morgan fingerprint density at radius 2 is 1.93 bits per heavy atom. The largest absolute Gasteiger partial charge is 0.315 e. The second kappa shape index (κ2) is 7.20. The van der Waals surface area contributed by atoms with E-state index in [0.29, 0.717) is 17.9 Å². The van der Waals surface area contributed by atoms with Crippen LogP contribution in [0.3, 0.4) is 0 Å². The maximum atomic E-state index is 13.0. The lowest BCUT2D eigenvalue weighted by Crippen LogP contribution is -2.15. The van der Waals surface area contributed by atoms with Crippen LogP contribution in [-0.2, 0) is 6.54 Å². The molecular formula is C20H19N5OS. The van der Waals surface area contributed by atoms with Crippen molar-refractivity contribution in [3.8, 4) is 5.00 Å². The van der Waals surface area contributed by atoms with E-state index in [2.05, 4.69) is 15.4 Å². The number of pyridine rings is 1. The Morgan fingerprint density at radius 1 is 1.11 bits per heavy atom. The standard InChI is InChI=1S/C20H19N5OS/c1-14-15(2)27-20(24-10-5-6-11-24)18(14)19(26)22-17-8-12-25(23-17)13-16-7-3-4-9-21-16/h3-12H,13H2,1-2H3,(H,22,23,26). The SMILES string of the molecule is Cc1sc(-n2cccc2)c(C(=O)Nc2ccn(Cc3ccccn3)n2)c1C. The molecule has 4 rings (SSSR count). The van der Waals surface area contributed by atoms with Gasteiger partial charge >= 0.3 is 0 Å². The maximum absolute atomic E-state index is 13.0. The molecule has 0 fully saturated rings. The van der Waals surface area contributed by atoms with Crippen LogP contribution in [-0.4, -0.2) is 25.2 Å². The van der Waals surface area contributed by atoms with Gasteiger partial charge in [0.1, 0.15) is 5.00 Å². The van der Waals surface area contributed by atoms with E-state index in [1.807, 2.05) is 67.3 Å². The van der Waals surface area contributed by atoms with Crippen LogP contribution in [0.4, 0.5) is 5.82 Å². The molecule has 0 saturated heterocycles. The lowest BCUT2D eigenvalue weighted by atomic mass is 10.1. The Kier molecular flexibility index (Phi) is 4.60. The summed E-state index contributed by atoms with van der Waals surface area (Å²) in [6.07, 6.45) is 7.49. The first kappa shape index (κ1) is 17.2. The third kappa shape index (κ3) is 3.54. The number of hydrogen-bond donors (Lipinski definition) is 1. The molecule has 0 spiro atoms. The van der Waals surface area contributed by atoms with Gasteiger partial charge in [0.25, 0.3) is 5.91 Å². The summed E-state index contributed by atoms with van der Waals surface area (Å²) >= 11 is 1.61. The van der Waals surface area contributed by atoms with Gasteiger partial charge in [-0.3, -0.25) is 14.5 Å². The van der Waals surface area contributed by atoms with E-state index in [1.54, 1.807) is 28.3 Å². The van der Waals surface area contributed by atoms with Gasteiger partial charge < -0.3 is 9.88 Å². The van der Waals surface area contributed by atoms with Crippen LogP contribution < -0.4 is 5.32 Å². The fourth-order valence-corrected chi connectivity index (χ4v) is 4.00. The molecule has 0 bridgehead atoms. The van der Waals surface area contributed by atoms with Crippen molar-refractivity contribution in [1.29, 1.82) is 0 Å². The van der Waals surface area contributed by atoms with Gasteiger partial charge in [0.05, 0.1) is 17.8 Å². The molecule has 4 heterocycles. The Bertz CT molecular complexity index is 1060. The first-order chi connectivity index (χ1) is 13.1. The van der Waals surface area contributed by atoms with Crippen LogP contribution in [0.2, 0.25) is 0 Å². The van der Waals surface area contributed by atoms with Crippen molar-refractivity contribution in [1.82, 2.24) is 19.3 Å². The van der Waals surface area contributed by atoms with Gasteiger partial charge in [0, 0.05) is 35.7 Å². The zero-order chi connectivity index (χ0) is 18.8. The smallest absolute Gasteiger partial charge is 0.260 e. The number of hydrogen-bond acceptors (Lipinski definition) is 4. The van der Waals surface area contributed by atoms with Gasteiger partial charge in [-0.2, -0.15) is 5.10 Å². The van der Waals surface area contributed by atoms with E-state index < -0.39 is 0 Å². The van der Waals surface area contributed by atoms with Gasteiger partial charge in [-0.1, -0.05) is 6.07 Å². The number of rotatable bonds is 5. The zero-order valence-corrected chi connectivity index (χ0v) is 15.9. The Balaban J connectivity index is 1.55. The monoisotopic (exact) mass is 377 g/mol. The molecule has 0 aliphatic carbocycles. The lowest BCUT2D eigenvalue weighted by Gasteiger charge is -2.07. The Morgan fingerprint density at radius 3 is 2.67 bits per heavy atom. The summed E-state index contributed by atoms with van der Waals surface area (Å²) in [6.45, 7) is 4.57. The molecule has 4 aromatic rings. The molecule has 0 radical (unpaired) electrons. The summed E-state index contributed by atoms with van der Waals surface area (Å²) in [5.41, 5.74) is 2.60. The second-order valence-electron chi connectivity index (χ2n) is 6.23. The quantitative estimate of drug-likeness (QED) is 0.571. The topological polar surface area (TPSA) is 64.7 Å². The van der Waals surface area contributed by atoms with E-state index in [9.17, 15) is 4.79 Å². The summed E-state index contributed by atoms with van der Waals surface area (Å²) in [4.78, 5) is 18.4. The predicted octanol–water partition coefficient (Wildman–Crippen LogP) is 4.05. The average Bonchev–Trinajstić information content (AvgIpc) is 3.38. The number of carbonyl (C=O) groups excluding carboxylic acids is 1. The average molecular weight is 377 g/mol. The van der Waals surface area contributed by atoms with Gasteiger partial charge in [-0.15, -0.1) is 11.3 Å². The van der Waals surface area contributed by atoms with Gasteiger partial charge in [0.15, 0.2) is 5.82 Å². The molecule has 136 valence electrons. The molecule has 27 heavy (non-hydrogen) atoms. The highest BCUT2D eigenvalue weighted by atomic mass is 32.1. The van der Waals surface area contributed by atoms with Crippen LogP contribution in [0.25, 0.3) is 5.00 Å². The van der Waals surface area contributed by atoms with Crippen LogP contribution in [0.5, 0.6) is 0 Å². The lowest BCUT2D eigenvalue weighted by molar-refractivity contribution is 0.102. The highest BCUT2D eigenvalue weighted by molar-refractivity contribution is 7.15. The normalized spacial score (nSPS) is 10.9. The van der Waals surface area contributed by atoms with Crippen molar-refractivity contribution in [2.45, 2.75) is 20.4 Å². The molecule has 0 aromatic carbocycles. The number of thiophene rings is 1. The van der Waals surface area contributed by atoms with Gasteiger partial charge in [-0.05, 0) is 43.7 Å². The summed E-state index contributed by atoms with van der Waals surface area (Å²) in [5.74, 6) is 0.376. The van der Waals surface area contributed by atoms with Crippen molar-refractivity contribution in [2.75, 3.05) is 5.32 Å². The van der Waals surface area contributed by atoms with E-state index in [4.69, 9.17) is 0 Å². The summed E-state index contributed by atoms with van der Waals surface area (Å²) in [7, 11) is 0. The number of aryl methyl sites for hydroxylation is 1. The third-order valence-corrected chi connectivity index (χ3v) is 5.59. The Labute approximate surface area is 161 Å². The number of nitrogens with one attached hydrogen (secondary N) is 1. The molecule has 6 nitrogen and oxygen atoms in total. The summed E-state index contributed by atoms with van der Waals surface area (Å²) in [5, 5.41) is 8.28. The van der Waals surface area contributed by atoms with Crippen LogP contribution in [0.1, 0.15) is 26.5 Å². The molecular weight excluding hydrogens is 358 g/mol. The second-order valence-corrected chi connectivity index (χ2v) is 7.43. The summed E-state index contributed by atoms with van der Waals surface area (Å²) in [6, 6.07) is 11.5. The van der Waals surface area contributed by atoms with E-state index >= 15 is 0 Å². The molecule has 0 unspecified atom stereocenters. The van der Waals surface area contributed by atoms with Crippen molar-refractivity contribution in [2.24, 2.45) is 0 Å². The van der Waals surface area contributed by atoms with Gasteiger partial charge in [-0.25, -0.2) is 0 Å². The number of anilines is 1. The van der Waals surface area contributed by atoms with Crippen molar-refractivity contribution >= 4 is 23.1 Å². The van der Waals surface area contributed by atoms with E-state index in [-0.39, 0.29) is 5.91 Å². The number of nitrogens with zero attached hydrogens (tertiary/aromatic N) is 4. The minimum absolute atomic E-state index is 0.149. The van der Waals surface area contributed by atoms with E-state index in [1.165, 1.54) is 0 Å². The van der Waals surface area contributed by atoms with Crippen molar-refractivity contribution in [3.63, 3.8) is 0 Å². The van der Waals surface area contributed by atoms with Crippen LogP contribution in [0.15, 0.2) is 61.2 Å².